The molecule has 0 spiro atoms. The second-order valence-electron chi connectivity index (χ2n) is 10.6. The number of carbonyl (C=O) groups is 1. The second-order valence-corrected chi connectivity index (χ2v) is 11.7. The summed E-state index contributed by atoms with van der Waals surface area (Å²) in [4.78, 5) is 30.4. The molecule has 9 heteroatoms. The molecule has 2 aliphatic rings. The topological polar surface area (TPSA) is 84.8 Å². The van der Waals surface area contributed by atoms with Gasteiger partial charge in [-0.1, -0.05) is 54.6 Å². The van der Waals surface area contributed by atoms with Crippen molar-refractivity contribution in [3.05, 3.63) is 78.1 Å². The molecule has 2 aromatic carbocycles. The summed E-state index contributed by atoms with van der Waals surface area (Å²) in [5.41, 5.74) is 3.44. The predicted octanol–water partition coefficient (Wildman–Crippen LogP) is 5.23. The van der Waals surface area contributed by atoms with E-state index in [0.717, 1.165) is 90.7 Å². The Bertz CT molecular complexity index is 1410. The number of nitrogens with one attached hydrogen (secondary N) is 1. The Morgan fingerprint density at radius 3 is 2.35 bits per heavy atom. The van der Waals surface area contributed by atoms with Crippen molar-refractivity contribution in [2.24, 2.45) is 0 Å². The quantitative estimate of drug-likeness (QED) is 0.324. The number of aliphatic hydroxyl groups is 1. The third-order valence-electron chi connectivity index (χ3n) is 7.94. The zero-order valence-corrected chi connectivity index (χ0v) is 23.5. The summed E-state index contributed by atoms with van der Waals surface area (Å²) in [6.07, 6.45) is 5.08. The van der Waals surface area contributed by atoms with Crippen LogP contribution in [0.25, 0.3) is 20.7 Å². The molecule has 6 rings (SSSR count). The Kier molecular flexibility index (Phi) is 8.22. The molecular formula is C31H36N6O2S. The lowest BCUT2D eigenvalue weighted by molar-refractivity contribution is 0.105. The van der Waals surface area contributed by atoms with E-state index in [1.54, 1.807) is 17.7 Å². The van der Waals surface area contributed by atoms with Crippen LogP contribution in [0.4, 0.5) is 10.6 Å². The van der Waals surface area contributed by atoms with Gasteiger partial charge < -0.3 is 20.2 Å². The lowest BCUT2D eigenvalue weighted by atomic mass is 10.1. The average molecular weight is 557 g/mol. The summed E-state index contributed by atoms with van der Waals surface area (Å²) in [5, 5.41) is 14.4. The molecule has 4 aromatic rings. The van der Waals surface area contributed by atoms with Crippen LogP contribution in [0.15, 0.2) is 67.0 Å². The normalized spacial score (nSPS) is 17.2. The number of likely N-dealkylation sites (tertiary alicyclic amines) is 1. The highest BCUT2D eigenvalue weighted by molar-refractivity contribution is 7.21. The van der Waals surface area contributed by atoms with E-state index < -0.39 is 0 Å². The summed E-state index contributed by atoms with van der Waals surface area (Å²) in [7, 11) is 0. The molecule has 0 bridgehead atoms. The standard InChI is InChI=1S/C31H36N6O2S/c38-21-27(24-7-3-1-4-8-24)34-29-26-19-28(40-30(26)33-22-32-29)25-11-9-23(10-12-25)20-35-15-17-37(18-16-35)31(39)36-13-5-2-6-14-36/h1,3-4,7-12,19,22,27,38H,2,5-6,13-18,20-21H2,(H,32,33,34). The van der Waals surface area contributed by atoms with Crippen molar-refractivity contribution in [3.63, 3.8) is 0 Å². The first-order valence-corrected chi connectivity index (χ1v) is 15.0. The van der Waals surface area contributed by atoms with E-state index >= 15 is 0 Å². The van der Waals surface area contributed by atoms with Crippen LogP contribution in [0, 0.1) is 0 Å². The van der Waals surface area contributed by atoms with Crippen LogP contribution in [-0.4, -0.2) is 81.7 Å². The van der Waals surface area contributed by atoms with Crippen LogP contribution in [0.2, 0.25) is 0 Å². The van der Waals surface area contributed by atoms with E-state index in [1.165, 1.54) is 12.0 Å². The number of hydrogen-bond acceptors (Lipinski definition) is 7. The van der Waals surface area contributed by atoms with Crippen molar-refractivity contribution in [1.82, 2.24) is 24.7 Å². The van der Waals surface area contributed by atoms with Gasteiger partial charge in [0.15, 0.2) is 0 Å². The molecule has 2 amide bonds. The first-order chi connectivity index (χ1) is 19.7. The Labute approximate surface area is 239 Å². The molecule has 1 unspecified atom stereocenters. The fourth-order valence-electron chi connectivity index (χ4n) is 5.61. The van der Waals surface area contributed by atoms with Crippen molar-refractivity contribution in [2.45, 2.75) is 31.8 Å². The van der Waals surface area contributed by atoms with Crippen molar-refractivity contribution in [3.8, 4) is 10.4 Å². The van der Waals surface area contributed by atoms with E-state index in [0.29, 0.717) is 0 Å². The summed E-state index contributed by atoms with van der Waals surface area (Å²) >= 11 is 1.65. The molecule has 1 atom stereocenters. The van der Waals surface area contributed by atoms with Gasteiger partial charge in [0, 0.05) is 50.7 Å². The Balaban J connectivity index is 1.09. The molecule has 2 fully saturated rings. The van der Waals surface area contributed by atoms with Crippen molar-refractivity contribution >= 4 is 33.4 Å². The highest BCUT2D eigenvalue weighted by Gasteiger charge is 2.26. The van der Waals surface area contributed by atoms with E-state index in [9.17, 15) is 9.90 Å². The van der Waals surface area contributed by atoms with Crippen LogP contribution >= 0.6 is 11.3 Å². The molecule has 2 N–H and O–H groups in total. The maximum absolute atomic E-state index is 12.8. The van der Waals surface area contributed by atoms with Crippen LogP contribution in [0.5, 0.6) is 0 Å². The molecule has 0 aliphatic carbocycles. The lowest BCUT2D eigenvalue weighted by Gasteiger charge is -2.38. The van der Waals surface area contributed by atoms with Gasteiger partial charge in [-0.2, -0.15) is 0 Å². The number of rotatable bonds is 7. The first-order valence-electron chi connectivity index (χ1n) is 14.2. The number of benzene rings is 2. The molecule has 0 radical (unpaired) electrons. The summed E-state index contributed by atoms with van der Waals surface area (Å²) in [6, 6.07) is 20.8. The molecule has 40 heavy (non-hydrogen) atoms. The monoisotopic (exact) mass is 556 g/mol. The van der Waals surface area contributed by atoms with Gasteiger partial charge in [0.2, 0.25) is 0 Å². The molecule has 208 valence electrons. The molecule has 2 aliphatic heterocycles. The third kappa shape index (κ3) is 5.96. The van der Waals surface area contributed by atoms with E-state index in [4.69, 9.17) is 0 Å². The third-order valence-corrected chi connectivity index (χ3v) is 9.03. The summed E-state index contributed by atoms with van der Waals surface area (Å²) in [5.74, 6) is 0.727. The Hall–Kier alpha value is -3.53. The minimum Gasteiger partial charge on any atom is -0.394 e. The molecular weight excluding hydrogens is 520 g/mol. The zero-order valence-electron chi connectivity index (χ0n) is 22.7. The number of piperazine rings is 1. The number of anilines is 1. The number of urea groups is 1. The van der Waals surface area contributed by atoms with Crippen LogP contribution in [0.3, 0.4) is 0 Å². The van der Waals surface area contributed by atoms with Gasteiger partial charge in [0.1, 0.15) is 17.0 Å². The highest BCUT2D eigenvalue weighted by atomic mass is 32.1. The minimum absolute atomic E-state index is 0.0300. The smallest absolute Gasteiger partial charge is 0.320 e. The average Bonchev–Trinajstić information content (AvgIpc) is 3.46. The number of thiophene rings is 1. The van der Waals surface area contributed by atoms with Crippen LogP contribution in [0.1, 0.15) is 36.4 Å². The number of aliphatic hydroxyl groups excluding tert-OH is 1. The number of carbonyl (C=O) groups excluding carboxylic acids is 1. The number of aromatic nitrogens is 2. The summed E-state index contributed by atoms with van der Waals surface area (Å²) in [6.45, 7) is 6.09. The lowest BCUT2D eigenvalue weighted by Crippen LogP contribution is -2.53. The van der Waals surface area contributed by atoms with Gasteiger partial charge >= 0.3 is 6.03 Å². The number of piperidine rings is 1. The SMILES string of the molecule is O=C(N1CCCCC1)N1CCN(Cc2ccc(-c3cc4c(NC(CO)c5ccccc5)ncnc4s3)cc2)CC1. The van der Waals surface area contributed by atoms with E-state index in [-0.39, 0.29) is 18.7 Å². The summed E-state index contributed by atoms with van der Waals surface area (Å²) < 4.78 is 0. The van der Waals surface area contributed by atoms with Gasteiger partial charge in [-0.3, -0.25) is 4.90 Å². The fraction of sp³-hybridized carbons (Fsp3) is 0.387. The Morgan fingerprint density at radius 1 is 0.900 bits per heavy atom. The number of amides is 2. The van der Waals surface area contributed by atoms with Gasteiger partial charge in [-0.05, 0) is 42.0 Å². The van der Waals surface area contributed by atoms with Crippen LogP contribution in [-0.2, 0) is 6.54 Å². The molecule has 0 saturated carbocycles. The van der Waals surface area contributed by atoms with Crippen LogP contribution < -0.4 is 5.32 Å². The van der Waals surface area contributed by atoms with Gasteiger partial charge in [-0.25, -0.2) is 14.8 Å². The van der Waals surface area contributed by atoms with Gasteiger partial charge in [-0.15, -0.1) is 11.3 Å². The zero-order chi connectivity index (χ0) is 27.3. The predicted molar refractivity (Wildman–Crippen MR) is 160 cm³/mol. The fourth-order valence-corrected chi connectivity index (χ4v) is 6.62. The van der Waals surface area contributed by atoms with E-state index in [2.05, 4.69) is 50.5 Å². The highest BCUT2D eigenvalue weighted by Crippen LogP contribution is 2.36. The Morgan fingerprint density at radius 2 is 1.62 bits per heavy atom. The molecule has 4 heterocycles. The minimum atomic E-state index is -0.244. The van der Waals surface area contributed by atoms with E-state index in [1.807, 2.05) is 40.1 Å². The van der Waals surface area contributed by atoms with Crippen molar-refractivity contribution in [2.75, 3.05) is 51.2 Å². The number of fused-ring (bicyclic) bond motifs is 1. The second kappa shape index (κ2) is 12.3. The van der Waals surface area contributed by atoms with Gasteiger partial charge in [0.25, 0.3) is 0 Å². The van der Waals surface area contributed by atoms with Crippen molar-refractivity contribution < 1.29 is 9.90 Å². The van der Waals surface area contributed by atoms with Crippen molar-refractivity contribution in [1.29, 1.82) is 0 Å². The maximum atomic E-state index is 12.8. The first kappa shape index (κ1) is 26.7. The largest absolute Gasteiger partial charge is 0.394 e. The maximum Gasteiger partial charge on any atom is 0.320 e. The number of hydrogen-bond donors (Lipinski definition) is 2. The van der Waals surface area contributed by atoms with Gasteiger partial charge in [0.05, 0.1) is 18.0 Å². The molecule has 2 aromatic heterocycles. The number of nitrogens with zero attached hydrogens (tertiary/aromatic N) is 5. The molecule has 2 saturated heterocycles. The molecule has 8 nitrogen and oxygen atoms in total.